The number of aryl methyl sites for hydroxylation is 1. The molecule has 0 fully saturated rings. The molecule has 0 bridgehead atoms. The van der Waals surface area contributed by atoms with Gasteiger partial charge < -0.3 is 19.5 Å². The van der Waals surface area contributed by atoms with Gasteiger partial charge in [-0.2, -0.15) is 0 Å². The van der Waals surface area contributed by atoms with Crippen LogP contribution in [0.1, 0.15) is 21.5 Å². The lowest BCUT2D eigenvalue weighted by atomic mass is 10.1. The molecule has 0 spiro atoms. The second kappa shape index (κ2) is 12.0. The number of amides is 1. The number of rotatable bonds is 11. The lowest BCUT2D eigenvalue weighted by Crippen LogP contribution is -2.30. The first-order valence-electron chi connectivity index (χ1n) is 11.1. The normalized spacial score (nSPS) is 11.0. The largest absolute Gasteiger partial charge is 0.495 e. The van der Waals surface area contributed by atoms with Crippen molar-refractivity contribution in [3.05, 3.63) is 82.4 Å². The quantitative estimate of drug-likeness (QED) is 0.367. The van der Waals surface area contributed by atoms with Crippen molar-refractivity contribution in [3.8, 4) is 17.2 Å². The maximum absolute atomic E-state index is 12.7. The standard InChI is InChI=1S/C26H29ClN2O6S/c1-18-6-5-7-21(14-18)35-13-12-28-26(30)20-10-8-19(9-11-20)17-29(36(4,31)32)23-16-24(33-2)22(27)15-25(23)34-3/h5-11,14-16H,12-13,17H2,1-4H3,(H,28,30). The number of hydrogen-bond acceptors (Lipinski definition) is 6. The van der Waals surface area contributed by atoms with Crippen LogP contribution in [0, 0.1) is 6.92 Å². The van der Waals surface area contributed by atoms with Gasteiger partial charge in [-0.05, 0) is 42.3 Å². The molecule has 0 radical (unpaired) electrons. The highest BCUT2D eigenvalue weighted by Crippen LogP contribution is 2.39. The van der Waals surface area contributed by atoms with Crippen molar-refractivity contribution in [3.63, 3.8) is 0 Å². The fraction of sp³-hybridized carbons (Fsp3) is 0.269. The Balaban J connectivity index is 1.68. The van der Waals surface area contributed by atoms with E-state index in [0.29, 0.717) is 35.1 Å². The Kier molecular flexibility index (Phi) is 9.06. The highest BCUT2D eigenvalue weighted by molar-refractivity contribution is 7.92. The van der Waals surface area contributed by atoms with Crippen molar-refractivity contribution in [2.75, 3.05) is 37.9 Å². The number of nitrogens with one attached hydrogen (secondary N) is 1. The van der Waals surface area contributed by atoms with Crippen LogP contribution < -0.4 is 23.8 Å². The summed E-state index contributed by atoms with van der Waals surface area (Å²) in [5, 5.41) is 3.11. The molecule has 36 heavy (non-hydrogen) atoms. The van der Waals surface area contributed by atoms with E-state index in [2.05, 4.69) is 5.32 Å². The molecule has 0 atom stereocenters. The number of hydrogen-bond donors (Lipinski definition) is 1. The monoisotopic (exact) mass is 532 g/mol. The van der Waals surface area contributed by atoms with Gasteiger partial charge in [0.15, 0.2) is 0 Å². The number of anilines is 1. The number of nitrogens with zero attached hydrogens (tertiary/aromatic N) is 1. The van der Waals surface area contributed by atoms with Gasteiger partial charge >= 0.3 is 0 Å². The number of methoxy groups -OCH3 is 2. The fourth-order valence-corrected chi connectivity index (χ4v) is 4.60. The summed E-state index contributed by atoms with van der Waals surface area (Å²) in [4.78, 5) is 12.5. The Morgan fingerprint density at radius 1 is 1.00 bits per heavy atom. The van der Waals surface area contributed by atoms with E-state index in [1.54, 1.807) is 24.3 Å². The molecule has 0 saturated carbocycles. The van der Waals surface area contributed by atoms with Crippen LogP contribution in [0.2, 0.25) is 5.02 Å². The molecule has 0 heterocycles. The van der Waals surface area contributed by atoms with Gasteiger partial charge in [-0.15, -0.1) is 0 Å². The van der Waals surface area contributed by atoms with Gasteiger partial charge in [-0.25, -0.2) is 8.42 Å². The van der Waals surface area contributed by atoms with Gasteiger partial charge in [0, 0.05) is 17.7 Å². The maximum atomic E-state index is 12.7. The van der Waals surface area contributed by atoms with Crippen LogP contribution in [0.3, 0.4) is 0 Å². The number of benzene rings is 3. The topological polar surface area (TPSA) is 94.2 Å². The Bertz CT molecular complexity index is 1310. The third-order valence-electron chi connectivity index (χ3n) is 5.31. The van der Waals surface area contributed by atoms with Crippen LogP contribution in [0.4, 0.5) is 5.69 Å². The van der Waals surface area contributed by atoms with Crippen LogP contribution in [-0.4, -0.2) is 48.0 Å². The summed E-state index contributed by atoms with van der Waals surface area (Å²) in [6.45, 7) is 2.68. The first-order valence-corrected chi connectivity index (χ1v) is 13.3. The van der Waals surface area contributed by atoms with Gasteiger partial charge in [-0.1, -0.05) is 35.9 Å². The van der Waals surface area contributed by atoms with Crippen molar-refractivity contribution in [1.82, 2.24) is 5.32 Å². The molecule has 0 aliphatic carbocycles. The molecule has 192 valence electrons. The van der Waals surface area contributed by atoms with E-state index in [4.69, 9.17) is 25.8 Å². The van der Waals surface area contributed by atoms with E-state index >= 15 is 0 Å². The van der Waals surface area contributed by atoms with Gasteiger partial charge in [0.2, 0.25) is 10.0 Å². The molecule has 0 saturated heterocycles. The zero-order valence-electron chi connectivity index (χ0n) is 20.6. The predicted molar refractivity (Wildman–Crippen MR) is 141 cm³/mol. The summed E-state index contributed by atoms with van der Waals surface area (Å²) in [5.74, 6) is 1.10. The first-order chi connectivity index (χ1) is 17.1. The van der Waals surface area contributed by atoms with Crippen molar-refractivity contribution in [2.45, 2.75) is 13.5 Å². The molecular formula is C26H29ClN2O6S. The highest BCUT2D eigenvalue weighted by atomic mass is 35.5. The Morgan fingerprint density at radius 2 is 1.69 bits per heavy atom. The molecule has 3 aromatic rings. The lowest BCUT2D eigenvalue weighted by molar-refractivity contribution is 0.0947. The second-order valence-corrected chi connectivity index (χ2v) is 10.4. The average molecular weight is 533 g/mol. The minimum atomic E-state index is -3.69. The number of halogens is 1. The first kappa shape index (κ1) is 27.2. The third-order valence-corrected chi connectivity index (χ3v) is 6.73. The molecule has 0 aliphatic heterocycles. The minimum absolute atomic E-state index is 0.0201. The molecular weight excluding hydrogens is 504 g/mol. The van der Waals surface area contributed by atoms with Crippen LogP contribution in [-0.2, 0) is 16.6 Å². The molecule has 3 rings (SSSR count). The number of carbonyl (C=O) groups excluding carboxylic acids is 1. The summed E-state index contributed by atoms with van der Waals surface area (Å²) in [6, 6.07) is 17.4. The summed E-state index contributed by atoms with van der Waals surface area (Å²) in [7, 11) is -0.815. The minimum Gasteiger partial charge on any atom is -0.495 e. The molecule has 0 aliphatic rings. The van der Waals surface area contributed by atoms with Crippen LogP contribution in [0.25, 0.3) is 0 Å². The second-order valence-electron chi connectivity index (χ2n) is 8.05. The average Bonchev–Trinajstić information content (AvgIpc) is 2.84. The number of ether oxygens (including phenoxy) is 3. The SMILES string of the molecule is COc1cc(N(Cc2ccc(C(=O)NCCOc3cccc(C)c3)cc2)S(C)(=O)=O)c(OC)cc1Cl. The highest BCUT2D eigenvalue weighted by Gasteiger charge is 2.24. The van der Waals surface area contributed by atoms with E-state index in [0.717, 1.165) is 17.6 Å². The zero-order valence-corrected chi connectivity index (χ0v) is 22.2. The molecule has 8 nitrogen and oxygen atoms in total. The van der Waals surface area contributed by atoms with Crippen molar-refractivity contribution >= 4 is 33.2 Å². The molecule has 0 aromatic heterocycles. The Morgan fingerprint density at radius 3 is 2.31 bits per heavy atom. The summed E-state index contributed by atoms with van der Waals surface area (Å²) in [5.41, 5.74) is 2.51. The van der Waals surface area contributed by atoms with E-state index in [-0.39, 0.29) is 23.9 Å². The molecule has 10 heteroatoms. The van der Waals surface area contributed by atoms with E-state index in [1.807, 2.05) is 31.2 Å². The van der Waals surface area contributed by atoms with Crippen LogP contribution in [0.15, 0.2) is 60.7 Å². The predicted octanol–water partition coefficient (Wildman–Crippen LogP) is 4.44. The molecule has 0 unspecified atom stereocenters. The van der Waals surface area contributed by atoms with E-state index in [9.17, 15) is 13.2 Å². The van der Waals surface area contributed by atoms with Crippen molar-refractivity contribution in [2.24, 2.45) is 0 Å². The Labute approximate surface area is 216 Å². The summed E-state index contributed by atoms with van der Waals surface area (Å²) >= 11 is 6.17. The zero-order chi connectivity index (χ0) is 26.3. The number of carbonyl (C=O) groups is 1. The van der Waals surface area contributed by atoms with Gasteiger partial charge in [0.25, 0.3) is 5.91 Å². The van der Waals surface area contributed by atoms with Gasteiger partial charge in [0.1, 0.15) is 23.9 Å². The molecule has 1 N–H and O–H groups in total. The smallest absolute Gasteiger partial charge is 0.251 e. The maximum Gasteiger partial charge on any atom is 0.251 e. The number of sulfonamides is 1. The fourth-order valence-electron chi connectivity index (χ4n) is 3.49. The Hall–Kier alpha value is -3.43. The van der Waals surface area contributed by atoms with Gasteiger partial charge in [-0.3, -0.25) is 9.10 Å². The van der Waals surface area contributed by atoms with Gasteiger partial charge in [0.05, 0.1) is 44.3 Å². The van der Waals surface area contributed by atoms with Crippen molar-refractivity contribution in [1.29, 1.82) is 0 Å². The molecule has 3 aromatic carbocycles. The van der Waals surface area contributed by atoms with Crippen LogP contribution in [0.5, 0.6) is 17.2 Å². The third kappa shape index (κ3) is 7.05. The summed E-state index contributed by atoms with van der Waals surface area (Å²) < 4.78 is 42.8. The summed E-state index contributed by atoms with van der Waals surface area (Å²) in [6.07, 6.45) is 1.11. The van der Waals surface area contributed by atoms with E-state index < -0.39 is 10.0 Å². The lowest BCUT2D eigenvalue weighted by Gasteiger charge is -2.25. The van der Waals surface area contributed by atoms with Crippen LogP contribution >= 0.6 is 11.6 Å². The molecule has 1 amide bonds. The van der Waals surface area contributed by atoms with Crippen molar-refractivity contribution < 1.29 is 27.4 Å². The van der Waals surface area contributed by atoms with E-state index in [1.165, 1.54) is 30.7 Å².